The van der Waals surface area contributed by atoms with Crippen LogP contribution in [-0.4, -0.2) is 17.5 Å². The van der Waals surface area contributed by atoms with Gasteiger partial charge in [-0.1, -0.05) is 24.3 Å². The lowest BCUT2D eigenvalue weighted by atomic mass is 10.0. The summed E-state index contributed by atoms with van der Waals surface area (Å²) in [6.45, 7) is 2.67. The van der Waals surface area contributed by atoms with E-state index in [9.17, 15) is 4.79 Å². The van der Waals surface area contributed by atoms with Gasteiger partial charge in [-0.05, 0) is 24.6 Å². The molecule has 0 fully saturated rings. The van der Waals surface area contributed by atoms with E-state index in [4.69, 9.17) is 10.5 Å². The maximum absolute atomic E-state index is 11.9. The third-order valence-corrected chi connectivity index (χ3v) is 4.37. The number of amides is 1. The van der Waals surface area contributed by atoms with Gasteiger partial charge in [-0.15, -0.1) is 0 Å². The van der Waals surface area contributed by atoms with Gasteiger partial charge in [0.05, 0.1) is 23.4 Å². The summed E-state index contributed by atoms with van der Waals surface area (Å²) in [4.78, 5) is 16.3. The standard InChI is InChI=1S/C19H17N3O2/c1-11-4-2-5-13-17(11)21-10-14(19(20)23)18(13)22-15-6-3-7-16-12(15)8-9-24-16/h2-7,10H,8-9H2,1H3,(H2,20,23)(H,21,22). The van der Waals surface area contributed by atoms with Crippen molar-refractivity contribution in [2.75, 3.05) is 11.9 Å². The zero-order chi connectivity index (χ0) is 16.7. The van der Waals surface area contributed by atoms with Crippen LogP contribution in [0.5, 0.6) is 5.75 Å². The van der Waals surface area contributed by atoms with E-state index < -0.39 is 5.91 Å². The molecule has 0 aliphatic carbocycles. The van der Waals surface area contributed by atoms with Crippen molar-refractivity contribution in [1.82, 2.24) is 4.98 Å². The Morgan fingerprint density at radius 2 is 2.08 bits per heavy atom. The number of hydrogen-bond acceptors (Lipinski definition) is 4. The summed E-state index contributed by atoms with van der Waals surface area (Å²) >= 11 is 0. The van der Waals surface area contributed by atoms with E-state index in [2.05, 4.69) is 10.3 Å². The van der Waals surface area contributed by atoms with Crippen molar-refractivity contribution in [3.63, 3.8) is 0 Å². The molecule has 0 bridgehead atoms. The third kappa shape index (κ3) is 2.25. The van der Waals surface area contributed by atoms with Gasteiger partial charge in [-0.25, -0.2) is 0 Å². The van der Waals surface area contributed by atoms with Crippen LogP contribution >= 0.6 is 0 Å². The molecule has 5 heteroatoms. The molecule has 3 N–H and O–H groups in total. The molecular formula is C19H17N3O2. The smallest absolute Gasteiger partial charge is 0.252 e. The average Bonchev–Trinajstić information content (AvgIpc) is 3.05. The van der Waals surface area contributed by atoms with Crippen LogP contribution in [0.25, 0.3) is 10.9 Å². The topological polar surface area (TPSA) is 77.2 Å². The number of aryl methyl sites for hydroxylation is 1. The highest BCUT2D eigenvalue weighted by atomic mass is 16.5. The third-order valence-electron chi connectivity index (χ3n) is 4.37. The molecule has 120 valence electrons. The van der Waals surface area contributed by atoms with Crippen LogP contribution in [0.1, 0.15) is 21.5 Å². The van der Waals surface area contributed by atoms with Crippen molar-refractivity contribution in [3.8, 4) is 5.75 Å². The quantitative estimate of drug-likeness (QED) is 0.776. The minimum absolute atomic E-state index is 0.379. The molecule has 24 heavy (non-hydrogen) atoms. The summed E-state index contributed by atoms with van der Waals surface area (Å²) in [7, 11) is 0. The fourth-order valence-electron chi connectivity index (χ4n) is 3.17. The largest absolute Gasteiger partial charge is 0.493 e. The minimum atomic E-state index is -0.503. The second-order valence-electron chi connectivity index (χ2n) is 5.89. The van der Waals surface area contributed by atoms with E-state index >= 15 is 0 Å². The van der Waals surface area contributed by atoms with Gasteiger partial charge in [-0.3, -0.25) is 9.78 Å². The number of carbonyl (C=O) groups excluding carboxylic acids is 1. The average molecular weight is 319 g/mol. The lowest BCUT2D eigenvalue weighted by molar-refractivity contribution is 0.100. The van der Waals surface area contributed by atoms with Gasteiger partial charge in [0.2, 0.25) is 0 Å². The Labute approximate surface area is 139 Å². The first-order valence-electron chi connectivity index (χ1n) is 7.85. The van der Waals surface area contributed by atoms with Gasteiger partial charge in [-0.2, -0.15) is 0 Å². The SMILES string of the molecule is Cc1cccc2c(Nc3cccc4c3CCO4)c(C(N)=O)cnc12. The predicted octanol–water partition coefficient (Wildman–Crippen LogP) is 3.32. The van der Waals surface area contributed by atoms with Gasteiger partial charge in [0.25, 0.3) is 5.91 Å². The minimum Gasteiger partial charge on any atom is -0.493 e. The number of rotatable bonds is 3. The van der Waals surface area contributed by atoms with Crippen LogP contribution in [0, 0.1) is 6.92 Å². The molecule has 1 amide bonds. The molecule has 1 aromatic heterocycles. The molecule has 0 spiro atoms. The van der Waals surface area contributed by atoms with E-state index in [1.54, 1.807) is 6.20 Å². The highest BCUT2D eigenvalue weighted by molar-refractivity contribution is 6.08. The summed E-state index contributed by atoms with van der Waals surface area (Å²) in [6, 6.07) is 11.8. The Balaban J connectivity index is 1.92. The number of nitrogens with one attached hydrogen (secondary N) is 1. The van der Waals surface area contributed by atoms with Crippen molar-refractivity contribution >= 4 is 28.2 Å². The second kappa shape index (κ2) is 5.53. The van der Waals surface area contributed by atoms with Gasteiger partial charge < -0.3 is 15.8 Å². The fourth-order valence-corrected chi connectivity index (χ4v) is 3.17. The molecule has 2 heterocycles. The zero-order valence-electron chi connectivity index (χ0n) is 13.3. The number of pyridine rings is 1. The van der Waals surface area contributed by atoms with Crippen LogP contribution in [0.2, 0.25) is 0 Å². The molecule has 1 aliphatic rings. The van der Waals surface area contributed by atoms with Crippen molar-refractivity contribution in [2.24, 2.45) is 5.73 Å². The summed E-state index contributed by atoms with van der Waals surface area (Å²) < 4.78 is 5.62. The molecule has 0 atom stereocenters. The number of aromatic nitrogens is 1. The first kappa shape index (κ1) is 14.5. The van der Waals surface area contributed by atoms with E-state index in [1.807, 2.05) is 43.3 Å². The molecule has 4 rings (SSSR count). The van der Waals surface area contributed by atoms with Gasteiger partial charge in [0, 0.05) is 29.3 Å². The molecule has 0 unspecified atom stereocenters. The van der Waals surface area contributed by atoms with Crippen LogP contribution in [0.15, 0.2) is 42.6 Å². The van der Waals surface area contributed by atoms with Gasteiger partial charge in [0.15, 0.2) is 0 Å². The predicted molar refractivity (Wildman–Crippen MR) is 93.9 cm³/mol. The highest BCUT2D eigenvalue weighted by Gasteiger charge is 2.19. The number of para-hydroxylation sites is 1. The summed E-state index contributed by atoms with van der Waals surface area (Å²) in [5, 5.41) is 4.28. The van der Waals surface area contributed by atoms with E-state index in [-0.39, 0.29) is 0 Å². The number of carbonyl (C=O) groups is 1. The highest BCUT2D eigenvalue weighted by Crippen LogP contribution is 2.36. The maximum Gasteiger partial charge on any atom is 0.252 e. The molecule has 3 aromatic rings. The first-order valence-corrected chi connectivity index (χ1v) is 7.85. The lowest BCUT2D eigenvalue weighted by Gasteiger charge is -2.16. The number of anilines is 2. The van der Waals surface area contributed by atoms with Crippen LogP contribution in [0.4, 0.5) is 11.4 Å². The van der Waals surface area contributed by atoms with Crippen LogP contribution in [0.3, 0.4) is 0 Å². The molecule has 0 radical (unpaired) electrons. The maximum atomic E-state index is 11.9. The van der Waals surface area contributed by atoms with Crippen molar-refractivity contribution in [3.05, 3.63) is 59.3 Å². The van der Waals surface area contributed by atoms with Crippen molar-refractivity contribution < 1.29 is 9.53 Å². The molecule has 1 aliphatic heterocycles. The number of nitrogens with two attached hydrogens (primary N) is 1. The summed E-state index contributed by atoms with van der Waals surface area (Å²) in [5.74, 6) is 0.382. The van der Waals surface area contributed by atoms with Gasteiger partial charge >= 0.3 is 0 Å². The van der Waals surface area contributed by atoms with Crippen molar-refractivity contribution in [2.45, 2.75) is 13.3 Å². The number of nitrogens with zero attached hydrogens (tertiary/aromatic N) is 1. The number of benzene rings is 2. The molecule has 0 saturated heterocycles. The van der Waals surface area contributed by atoms with Crippen molar-refractivity contribution in [1.29, 1.82) is 0 Å². The van der Waals surface area contributed by atoms with E-state index in [0.29, 0.717) is 17.9 Å². The summed E-state index contributed by atoms with van der Waals surface area (Å²) in [6.07, 6.45) is 2.38. The number of primary amides is 1. The molecule has 5 nitrogen and oxygen atoms in total. The Morgan fingerprint density at radius 3 is 2.92 bits per heavy atom. The molecule has 0 saturated carbocycles. The van der Waals surface area contributed by atoms with Crippen LogP contribution in [-0.2, 0) is 6.42 Å². The van der Waals surface area contributed by atoms with E-state index in [0.717, 1.165) is 39.9 Å². The molecule has 2 aromatic carbocycles. The first-order chi connectivity index (χ1) is 11.6. The number of fused-ring (bicyclic) bond motifs is 2. The normalized spacial score (nSPS) is 12.7. The Kier molecular flexibility index (Phi) is 3.34. The Hall–Kier alpha value is -3.08. The number of hydrogen-bond donors (Lipinski definition) is 2. The number of ether oxygens (including phenoxy) is 1. The fraction of sp³-hybridized carbons (Fsp3) is 0.158. The molecular weight excluding hydrogens is 302 g/mol. The van der Waals surface area contributed by atoms with Crippen LogP contribution < -0.4 is 15.8 Å². The van der Waals surface area contributed by atoms with Gasteiger partial charge in [0.1, 0.15) is 5.75 Å². The zero-order valence-corrected chi connectivity index (χ0v) is 13.3. The second-order valence-corrected chi connectivity index (χ2v) is 5.89. The Bertz CT molecular complexity index is 966. The lowest BCUT2D eigenvalue weighted by Crippen LogP contribution is -2.14. The van der Waals surface area contributed by atoms with E-state index in [1.165, 1.54) is 0 Å². The Morgan fingerprint density at radius 1 is 1.25 bits per heavy atom. The summed E-state index contributed by atoms with van der Waals surface area (Å²) in [5.41, 5.74) is 10.6. The monoisotopic (exact) mass is 319 g/mol.